The Morgan fingerprint density at radius 1 is 1.44 bits per heavy atom. The van der Waals surface area contributed by atoms with Crippen LogP contribution in [0.25, 0.3) is 0 Å². The van der Waals surface area contributed by atoms with Gasteiger partial charge in [-0.15, -0.1) is 0 Å². The van der Waals surface area contributed by atoms with Crippen molar-refractivity contribution in [2.75, 3.05) is 5.32 Å². The van der Waals surface area contributed by atoms with E-state index < -0.39 is 5.97 Å². The predicted molar refractivity (Wildman–Crippen MR) is 61.7 cm³/mol. The lowest BCUT2D eigenvalue weighted by atomic mass is 9.97. The summed E-state index contributed by atoms with van der Waals surface area (Å²) in [5, 5.41) is 11.6. The number of nitrogens with zero attached hydrogens (tertiary/aromatic N) is 1. The SMILES string of the molecule is CC(C)C(C)C(=O)Nc1ncc(C(=O)O)s1. The van der Waals surface area contributed by atoms with Gasteiger partial charge in [0.05, 0.1) is 6.20 Å². The number of hydrogen-bond donors (Lipinski definition) is 2. The fourth-order valence-corrected chi connectivity index (χ4v) is 1.61. The van der Waals surface area contributed by atoms with E-state index in [2.05, 4.69) is 10.3 Å². The summed E-state index contributed by atoms with van der Waals surface area (Å²) in [7, 11) is 0. The van der Waals surface area contributed by atoms with E-state index in [-0.39, 0.29) is 22.6 Å². The van der Waals surface area contributed by atoms with E-state index in [9.17, 15) is 9.59 Å². The normalized spacial score (nSPS) is 12.5. The van der Waals surface area contributed by atoms with E-state index in [1.807, 2.05) is 20.8 Å². The number of amides is 1. The number of carboxylic acids is 1. The molecule has 0 fully saturated rings. The van der Waals surface area contributed by atoms with Crippen LogP contribution in [0.15, 0.2) is 6.20 Å². The van der Waals surface area contributed by atoms with Crippen molar-refractivity contribution in [2.45, 2.75) is 20.8 Å². The lowest BCUT2D eigenvalue weighted by Gasteiger charge is -2.13. The van der Waals surface area contributed by atoms with E-state index >= 15 is 0 Å². The fourth-order valence-electron chi connectivity index (χ4n) is 0.953. The maximum absolute atomic E-state index is 11.6. The zero-order valence-electron chi connectivity index (χ0n) is 9.35. The minimum Gasteiger partial charge on any atom is -0.477 e. The molecule has 1 amide bonds. The number of carbonyl (C=O) groups excluding carboxylic acids is 1. The van der Waals surface area contributed by atoms with Crippen LogP contribution < -0.4 is 5.32 Å². The summed E-state index contributed by atoms with van der Waals surface area (Å²) < 4.78 is 0. The van der Waals surface area contributed by atoms with Crippen LogP contribution in [-0.4, -0.2) is 22.0 Å². The highest BCUT2D eigenvalue weighted by atomic mass is 32.1. The molecule has 88 valence electrons. The van der Waals surface area contributed by atoms with Crippen LogP contribution in [-0.2, 0) is 4.79 Å². The summed E-state index contributed by atoms with van der Waals surface area (Å²) in [5.74, 6) is -1.06. The summed E-state index contributed by atoms with van der Waals surface area (Å²) in [6.07, 6.45) is 1.24. The average molecular weight is 242 g/mol. The van der Waals surface area contributed by atoms with E-state index in [1.54, 1.807) is 0 Å². The first-order valence-electron chi connectivity index (χ1n) is 4.91. The monoisotopic (exact) mass is 242 g/mol. The molecule has 1 atom stereocenters. The van der Waals surface area contributed by atoms with E-state index in [0.717, 1.165) is 11.3 Å². The minimum absolute atomic E-state index is 0.118. The van der Waals surface area contributed by atoms with E-state index in [1.165, 1.54) is 6.20 Å². The summed E-state index contributed by atoms with van der Waals surface area (Å²) in [6, 6.07) is 0. The average Bonchev–Trinajstić information content (AvgIpc) is 2.64. The molecule has 0 aromatic carbocycles. The maximum Gasteiger partial charge on any atom is 0.347 e. The number of aromatic nitrogens is 1. The second kappa shape index (κ2) is 5.07. The smallest absolute Gasteiger partial charge is 0.347 e. The van der Waals surface area contributed by atoms with Crippen LogP contribution >= 0.6 is 11.3 Å². The Hall–Kier alpha value is -1.43. The largest absolute Gasteiger partial charge is 0.477 e. The van der Waals surface area contributed by atoms with Crippen molar-refractivity contribution in [1.82, 2.24) is 4.98 Å². The zero-order chi connectivity index (χ0) is 12.3. The molecule has 1 unspecified atom stereocenters. The molecule has 0 aliphatic carbocycles. The van der Waals surface area contributed by atoms with Crippen LogP contribution in [0.3, 0.4) is 0 Å². The van der Waals surface area contributed by atoms with Crippen LogP contribution in [0, 0.1) is 11.8 Å². The number of nitrogens with one attached hydrogen (secondary N) is 1. The molecule has 1 rings (SSSR count). The quantitative estimate of drug-likeness (QED) is 0.847. The topological polar surface area (TPSA) is 79.3 Å². The van der Waals surface area contributed by atoms with Gasteiger partial charge in [-0.2, -0.15) is 0 Å². The van der Waals surface area contributed by atoms with Gasteiger partial charge in [-0.3, -0.25) is 4.79 Å². The first-order chi connectivity index (χ1) is 7.41. The number of carbonyl (C=O) groups is 2. The summed E-state index contributed by atoms with van der Waals surface area (Å²) >= 11 is 0.956. The summed E-state index contributed by atoms with van der Waals surface area (Å²) in [6.45, 7) is 5.73. The van der Waals surface area contributed by atoms with Crippen molar-refractivity contribution >= 4 is 28.3 Å². The number of aromatic carboxylic acids is 1. The van der Waals surface area contributed by atoms with Crippen molar-refractivity contribution in [3.05, 3.63) is 11.1 Å². The third-order valence-corrected chi connectivity index (χ3v) is 3.26. The number of hydrogen-bond acceptors (Lipinski definition) is 4. The molecule has 1 aromatic rings. The molecule has 6 heteroatoms. The van der Waals surface area contributed by atoms with Gasteiger partial charge in [0.2, 0.25) is 5.91 Å². The Balaban J connectivity index is 2.66. The number of thiazole rings is 1. The van der Waals surface area contributed by atoms with Gasteiger partial charge in [-0.05, 0) is 5.92 Å². The molecule has 0 spiro atoms. The van der Waals surface area contributed by atoms with Gasteiger partial charge in [0.25, 0.3) is 0 Å². The van der Waals surface area contributed by atoms with Crippen molar-refractivity contribution in [2.24, 2.45) is 11.8 Å². The maximum atomic E-state index is 11.6. The predicted octanol–water partition coefficient (Wildman–Crippen LogP) is 2.07. The summed E-state index contributed by atoms with van der Waals surface area (Å²) in [5.41, 5.74) is 0. The van der Waals surface area contributed by atoms with E-state index in [4.69, 9.17) is 5.11 Å². The molecule has 0 saturated carbocycles. The van der Waals surface area contributed by atoms with E-state index in [0.29, 0.717) is 5.13 Å². The van der Waals surface area contributed by atoms with Crippen molar-refractivity contribution < 1.29 is 14.7 Å². The Labute approximate surface area is 97.5 Å². The third-order valence-electron chi connectivity index (χ3n) is 2.36. The number of anilines is 1. The second-order valence-electron chi connectivity index (χ2n) is 3.86. The standard InChI is InChI=1S/C10H14N2O3S/c1-5(2)6(3)8(13)12-10-11-4-7(16-10)9(14)15/h4-6H,1-3H3,(H,14,15)(H,11,12,13). The molecule has 2 N–H and O–H groups in total. The Morgan fingerprint density at radius 3 is 2.50 bits per heavy atom. The highest BCUT2D eigenvalue weighted by molar-refractivity contribution is 7.17. The third kappa shape index (κ3) is 3.03. The van der Waals surface area contributed by atoms with Crippen LogP contribution in [0.5, 0.6) is 0 Å². The summed E-state index contributed by atoms with van der Waals surface area (Å²) in [4.78, 5) is 26.2. The second-order valence-corrected chi connectivity index (χ2v) is 4.89. The Bertz CT molecular complexity index is 401. The zero-order valence-corrected chi connectivity index (χ0v) is 10.2. The Kier molecular flexibility index (Phi) is 4.00. The van der Waals surface area contributed by atoms with Crippen LogP contribution in [0.1, 0.15) is 30.4 Å². The molecular weight excluding hydrogens is 228 g/mol. The van der Waals surface area contributed by atoms with Crippen molar-refractivity contribution in [1.29, 1.82) is 0 Å². The van der Waals surface area contributed by atoms with Gasteiger partial charge < -0.3 is 10.4 Å². The molecule has 0 aliphatic heterocycles. The molecule has 0 bridgehead atoms. The minimum atomic E-state index is -1.03. The van der Waals surface area contributed by atoms with Crippen LogP contribution in [0.4, 0.5) is 5.13 Å². The number of rotatable bonds is 4. The van der Waals surface area contributed by atoms with Gasteiger partial charge in [0.15, 0.2) is 5.13 Å². The van der Waals surface area contributed by atoms with Gasteiger partial charge >= 0.3 is 5.97 Å². The molecule has 5 nitrogen and oxygen atoms in total. The highest BCUT2D eigenvalue weighted by Crippen LogP contribution is 2.20. The molecule has 0 radical (unpaired) electrons. The molecular formula is C10H14N2O3S. The lowest BCUT2D eigenvalue weighted by Crippen LogP contribution is -2.24. The van der Waals surface area contributed by atoms with Crippen molar-refractivity contribution in [3.63, 3.8) is 0 Å². The Morgan fingerprint density at radius 2 is 2.06 bits per heavy atom. The highest BCUT2D eigenvalue weighted by Gasteiger charge is 2.18. The van der Waals surface area contributed by atoms with Crippen molar-refractivity contribution in [3.8, 4) is 0 Å². The molecule has 16 heavy (non-hydrogen) atoms. The molecule has 1 heterocycles. The lowest BCUT2D eigenvalue weighted by molar-refractivity contribution is -0.120. The first-order valence-corrected chi connectivity index (χ1v) is 5.73. The first kappa shape index (κ1) is 12.6. The molecule has 1 aromatic heterocycles. The molecule has 0 saturated heterocycles. The fraction of sp³-hybridized carbons (Fsp3) is 0.500. The number of carboxylic acid groups (broad SMARTS) is 1. The molecule has 0 aliphatic rings. The van der Waals surface area contributed by atoms with Crippen LogP contribution in [0.2, 0.25) is 0 Å². The van der Waals surface area contributed by atoms with Gasteiger partial charge in [0, 0.05) is 5.92 Å². The van der Waals surface area contributed by atoms with Gasteiger partial charge in [-0.1, -0.05) is 32.1 Å². The van der Waals surface area contributed by atoms with Gasteiger partial charge in [0.1, 0.15) is 4.88 Å². The van der Waals surface area contributed by atoms with Gasteiger partial charge in [-0.25, -0.2) is 9.78 Å².